The van der Waals surface area contributed by atoms with E-state index < -0.39 is 0 Å². The average molecular weight is 274 g/mol. The van der Waals surface area contributed by atoms with Gasteiger partial charge in [0.15, 0.2) is 0 Å². The summed E-state index contributed by atoms with van der Waals surface area (Å²) in [5.74, 6) is 0.449. The van der Waals surface area contributed by atoms with Gasteiger partial charge >= 0.3 is 0 Å². The van der Waals surface area contributed by atoms with Crippen molar-refractivity contribution in [2.75, 3.05) is 13.6 Å². The zero-order valence-electron chi connectivity index (χ0n) is 12.2. The first-order chi connectivity index (χ1) is 10.3. The van der Waals surface area contributed by atoms with Crippen molar-refractivity contribution in [3.05, 3.63) is 77.6 Å². The second kappa shape index (κ2) is 4.97. The number of nitrogens with zero attached hydrogens (tertiary/aromatic N) is 2. The third kappa shape index (κ3) is 2.22. The van der Waals surface area contributed by atoms with Gasteiger partial charge in [0.25, 0.3) is 0 Å². The van der Waals surface area contributed by atoms with E-state index >= 15 is 0 Å². The van der Waals surface area contributed by atoms with E-state index in [-0.39, 0.29) is 0 Å². The van der Waals surface area contributed by atoms with Crippen LogP contribution < -0.4 is 0 Å². The normalized spacial score (nSPS) is 18.6. The predicted molar refractivity (Wildman–Crippen MR) is 86.4 cm³/mol. The van der Waals surface area contributed by atoms with Crippen LogP contribution in [0.1, 0.15) is 22.6 Å². The Morgan fingerprint density at radius 1 is 1.05 bits per heavy atom. The number of aromatic nitrogens is 1. The van der Waals surface area contributed by atoms with Gasteiger partial charge in [-0.3, -0.25) is 4.98 Å². The molecule has 4 rings (SSSR count). The zero-order chi connectivity index (χ0) is 14.2. The number of likely N-dealkylation sites (N-methyl/N-ethyl adjacent to an activating group) is 1. The molecule has 104 valence electrons. The molecule has 2 aromatic carbocycles. The van der Waals surface area contributed by atoms with Gasteiger partial charge in [0.2, 0.25) is 0 Å². The van der Waals surface area contributed by atoms with Crippen LogP contribution in [-0.2, 0) is 6.54 Å². The fourth-order valence-corrected chi connectivity index (χ4v) is 3.39. The molecule has 1 atom stereocenters. The summed E-state index contributed by atoms with van der Waals surface area (Å²) in [6.07, 6.45) is 3.81. The van der Waals surface area contributed by atoms with Gasteiger partial charge in [-0.2, -0.15) is 0 Å². The molecule has 1 aliphatic rings. The Kier molecular flexibility index (Phi) is 2.97. The van der Waals surface area contributed by atoms with Crippen LogP contribution in [0.3, 0.4) is 0 Å². The van der Waals surface area contributed by atoms with Crippen LogP contribution in [0.15, 0.2) is 60.9 Å². The molecule has 0 aliphatic carbocycles. The van der Waals surface area contributed by atoms with Crippen LogP contribution in [0.4, 0.5) is 0 Å². The molecule has 0 spiro atoms. The van der Waals surface area contributed by atoms with Crippen LogP contribution in [0.2, 0.25) is 0 Å². The molecule has 0 saturated heterocycles. The molecule has 0 radical (unpaired) electrons. The van der Waals surface area contributed by atoms with Gasteiger partial charge in [0.1, 0.15) is 0 Å². The molecule has 3 aromatic rings. The summed E-state index contributed by atoms with van der Waals surface area (Å²) in [7, 11) is 2.20. The van der Waals surface area contributed by atoms with Crippen molar-refractivity contribution in [3.8, 4) is 0 Å². The molecule has 0 fully saturated rings. The van der Waals surface area contributed by atoms with Gasteiger partial charge in [0.05, 0.1) is 0 Å². The SMILES string of the molecule is CN1Cc2ccccc2[C@@H](c2ccc3ccncc3c2)C1. The maximum atomic E-state index is 4.25. The van der Waals surface area contributed by atoms with Crippen molar-refractivity contribution in [2.45, 2.75) is 12.5 Å². The van der Waals surface area contributed by atoms with E-state index in [4.69, 9.17) is 0 Å². The van der Waals surface area contributed by atoms with Crippen molar-refractivity contribution in [1.82, 2.24) is 9.88 Å². The van der Waals surface area contributed by atoms with Crippen molar-refractivity contribution in [1.29, 1.82) is 0 Å². The highest BCUT2D eigenvalue weighted by Crippen LogP contribution is 2.33. The van der Waals surface area contributed by atoms with Crippen LogP contribution in [0.5, 0.6) is 0 Å². The maximum absolute atomic E-state index is 4.25. The highest BCUT2D eigenvalue weighted by Gasteiger charge is 2.24. The van der Waals surface area contributed by atoms with Crippen LogP contribution in [0, 0.1) is 0 Å². The van der Waals surface area contributed by atoms with Gasteiger partial charge in [-0.05, 0) is 41.3 Å². The Balaban J connectivity index is 1.84. The van der Waals surface area contributed by atoms with E-state index in [2.05, 4.69) is 65.5 Å². The van der Waals surface area contributed by atoms with E-state index in [1.165, 1.54) is 27.5 Å². The lowest BCUT2D eigenvalue weighted by atomic mass is 9.84. The molecule has 0 bridgehead atoms. The average Bonchev–Trinajstić information content (AvgIpc) is 2.53. The number of hydrogen-bond donors (Lipinski definition) is 0. The Labute approximate surface area is 125 Å². The number of benzene rings is 2. The zero-order valence-corrected chi connectivity index (χ0v) is 12.2. The lowest BCUT2D eigenvalue weighted by Gasteiger charge is -2.32. The topological polar surface area (TPSA) is 16.1 Å². The van der Waals surface area contributed by atoms with Crippen LogP contribution in [0.25, 0.3) is 10.8 Å². The standard InChI is InChI=1S/C19H18N2/c1-21-12-16-4-2-3-5-18(16)19(13-21)15-7-6-14-8-9-20-11-17(14)10-15/h2-11,19H,12-13H2,1H3/t19-/m1/s1. The molecule has 0 amide bonds. The van der Waals surface area contributed by atoms with Crippen molar-refractivity contribution < 1.29 is 0 Å². The molecular formula is C19H18N2. The maximum Gasteiger partial charge on any atom is 0.0346 e. The van der Waals surface area contributed by atoms with Crippen molar-refractivity contribution in [3.63, 3.8) is 0 Å². The van der Waals surface area contributed by atoms with Crippen molar-refractivity contribution >= 4 is 10.8 Å². The van der Waals surface area contributed by atoms with Crippen LogP contribution in [-0.4, -0.2) is 23.5 Å². The largest absolute Gasteiger partial charge is 0.301 e. The summed E-state index contributed by atoms with van der Waals surface area (Å²) in [6.45, 7) is 2.12. The fraction of sp³-hybridized carbons (Fsp3) is 0.211. The quantitative estimate of drug-likeness (QED) is 0.671. The minimum atomic E-state index is 0.449. The molecule has 1 aliphatic heterocycles. The third-order valence-electron chi connectivity index (χ3n) is 4.43. The Morgan fingerprint density at radius 3 is 2.90 bits per heavy atom. The Bertz CT molecular complexity index is 794. The minimum absolute atomic E-state index is 0.449. The molecule has 0 N–H and O–H groups in total. The molecule has 0 unspecified atom stereocenters. The van der Waals surface area contributed by atoms with Gasteiger partial charge in [-0.15, -0.1) is 0 Å². The molecule has 0 saturated carbocycles. The van der Waals surface area contributed by atoms with Crippen LogP contribution >= 0.6 is 0 Å². The summed E-state index contributed by atoms with van der Waals surface area (Å²) < 4.78 is 0. The number of hydrogen-bond acceptors (Lipinski definition) is 2. The summed E-state index contributed by atoms with van der Waals surface area (Å²) in [5.41, 5.74) is 4.30. The van der Waals surface area contributed by atoms with E-state index in [1.54, 1.807) is 0 Å². The van der Waals surface area contributed by atoms with Gasteiger partial charge in [-0.25, -0.2) is 0 Å². The van der Waals surface area contributed by atoms with Gasteiger partial charge in [0, 0.05) is 36.8 Å². The smallest absolute Gasteiger partial charge is 0.0346 e. The summed E-state index contributed by atoms with van der Waals surface area (Å²) >= 11 is 0. The van der Waals surface area contributed by atoms with Gasteiger partial charge < -0.3 is 4.90 Å². The van der Waals surface area contributed by atoms with E-state index in [9.17, 15) is 0 Å². The first-order valence-electron chi connectivity index (χ1n) is 7.41. The Morgan fingerprint density at radius 2 is 1.95 bits per heavy atom. The highest BCUT2D eigenvalue weighted by molar-refractivity contribution is 5.82. The third-order valence-corrected chi connectivity index (χ3v) is 4.43. The summed E-state index contributed by atoms with van der Waals surface area (Å²) in [5, 5.41) is 2.48. The number of fused-ring (bicyclic) bond motifs is 2. The molecule has 21 heavy (non-hydrogen) atoms. The summed E-state index contributed by atoms with van der Waals surface area (Å²) in [6, 6.07) is 17.7. The summed E-state index contributed by atoms with van der Waals surface area (Å²) in [4.78, 5) is 6.65. The lowest BCUT2D eigenvalue weighted by molar-refractivity contribution is 0.295. The molecule has 2 heterocycles. The van der Waals surface area contributed by atoms with Crippen molar-refractivity contribution in [2.24, 2.45) is 0 Å². The second-order valence-electron chi connectivity index (χ2n) is 5.93. The fourth-order valence-electron chi connectivity index (χ4n) is 3.39. The molecule has 1 aromatic heterocycles. The lowest BCUT2D eigenvalue weighted by Crippen LogP contribution is -2.30. The second-order valence-corrected chi connectivity index (χ2v) is 5.93. The first kappa shape index (κ1) is 12.5. The minimum Gasteiger partial charge on any atom is -0.301 e. The molecule has 2 nitrogen and oxygen atoms in total. The number of pyridine rings is 1. The molecule has 2 heteroatoms. The van der Waals surface area contributed by atoms with E-state index in [1.807, 2.05) is 12.4 Å². The predicted octanol–water partition coefficient (Wildman–Crippen LogP) is 3.81. The monoisotopic (exact) mass is 274 g/mol. The highest BCUT2D eigenvalue weighted by atomic mass is 15.1. The van der Waals surface area contributed by atoms with Gasteiger partial charge in [-0.1, -0.05) is 36.4 Å². The van der Waals surface area contributed by atoms with E-state index in [0.717, 1.165) is 13.1 Å². The first-order valence-corrected chi connectivity index (χ1v) is 7.41. The van der Waals surface area contributed by atoms with E-state index in [0.29, 0.717) is 5.92 Å². The number of rotatable bonds is 1. The Hall–Kier alpha value is -2.19. The molecular weight excluding hydrogens is 256 g/mol.